The van der Waals surface area contributed by atoms with Crippen LogP contribution >= 0.6 is 0 Å². The van der Waals surface area contributed by atoms with E-state index in [9.17, 15) is 8.78 Å². The molecule has 32 heavy (non-hydrogen) atoms. The first kappa shape index (κ1) is 20.3. The van der Waals surface area contributed by atoms with Gasteiger partial charge >= 0.3 is 0 Å². The molecule has 0 bridgehead atoms. The summed E-state index contributed by atoms with van der Waals surface area (Å²) in [5.74, 6) is -1.46. The fraction of sp³-hybridized carbons (Fsp3) is 0.238. The predicted octanol–water partition coefficient (Wildman–Crippen LogP) is 2.77. The SMILES string of the molecule is [CH2][CH]n1cc(Nc2ncc3cnn(Cc4cc(N5CCOCC5)cc(F)c4F)c3n2)cn1. The molecule has 0 atom stereocenters. The molecule has 0 aliphatic carbocycles. The summed E-state index contributed by atoms with van der Waals surface area (Å²) in [4.78, 5) is 10.7. The highest BCUT2D eigenvalue weighted by Crippen LogP contribution is 2.25. The zero-order chi connectivity index (χ0) is 22.1. The van der Waals surface area contributed by atoms with Crippen LogP contribution in [-0.2, 0) is 11.3 Å². The molecule has 11 heteroatoms. The summed E-state index contributed by atoms with van der Waals surface area (Å²) in [5.41, 5.74) is 1.99. The smallest absolute Gasteiger partial charge is 0.229 e. The zero-order valence-electron chi connectivity index (χ0n) is 17.1. The van der Waals surface area contributed by atoms with Crippen LogP contribution in [0, 0.1) is 25.1 Å². The third-order valence-corrected chi connectivity index (χ3v) is 5.21. The normalized spacial score (nSPS) is 14.3. The summed E-state index contributed by atoms with van der Waals surface area (Å²) in [7, 11) is 0. The molecule has 0 saturated carbocycles. The van der Waals surface area contributed by atoms with Gasteiger partial charge in [0.1, 0.15) is 0 Å². The Labute approximate surface area is 182 Å². The van der Waals surface area contributed by atoms with E-state index < -0.39 is 11.6 Å². The Kier molecular flexibility index (Phi) is 5.39. The largest absolute Gasteiger partial charge is 0.378 e. The monoisotopic (exact) mass is 438 g/mol. The van der Waals surface area contributed by atoms with E-state index >= 15 is 0 Å². The number of rotatable bonds is 6. The standard InChI is InChI=1S/C21H20F2N8O/c1-2-30-13-16(11-25-30)27-21-24-9-15-10-26-31(20(15)28-21)12-14-7-17(8-18(22)19(14)23)29-3-5-32-6-4-29/h2,7-11,13H,1,3-6,12H2,(H,24,27,28). The first-order chi connectivity index (χ1) is 15.6. The van der Waals surface area contributed by atoms with Gasteiger partial charge in [0.25, 0.3) is 0 Å². The molecule has 1 aliphatic rings. The number of hydrogen-bond donors (Lipinski definition) is 1. The molecule has 0 spiro atoms. The van der Waals surface area contributed by atoms with Crippen LogP contribution in [0.2, 0.25) is 0 Å². The molecule has 3 aromatic heterocycles. The van der Waals surface area contributed by atoms with Gasteiger partial charge in [0.05, 0.1) is 49.8 Å². The number of ether oxygens (including phenoxy) is 1. The Morgan fingerprint density at radius 2 is 1.97 bits per heavy atom. The maximum absolute atomic E-state index is 14.6. The summed E-state index contributed by atoms with van der Waals surface area (Å²) >= 11 is 0. The van der Waals surface area contributed by atoms with Crippen molar-refractivity contribution < 1.29 is 13.5 Å². The Bertz CT molecular complexity index is 1250. The van der Waals surface area contributed by atoms with Crippen molar-refractivity contribution in [2.75, 3.05) is 36.5 Å². The van der Waals surface area contributed by atoms with E-state index in [4.69, 9.17) is 4.74 Å². The van der Waals surface area contributed by atoms with E-state index in [-0.39, 0.29) is 12.1 Å². The Balaban J connectivity index is 1.44. The number of anilines is 3. The van der Waals surface area contributed by atoms with Crippen molar-refractivity contribution in [3.8, 4) is 0 Å². The molecule has 5 rings (SSSR count). The summed E-state index contributed by atoms with van der Waals surface area (Å²) in [6, 6.07) is 2.88. The zero-order valence-corrected chi connectivity index (χ0v) is 17.1. The van der Waals surface area contributed by atoms with Crippen LogP contribution in [-0.4, -0.2) is 55.8 Å². The van der Waals surface area contributed by atoms with Gasteiger partial charge in [-0.1, -0.05) is 0 Å². The molecule has 1 aliphatic heterocycles. The van der Waals surface area contributed by atoms with Crippen LogP contribution in [0.25, 0.3) is 11.0 Å². The van der Waals surface area contributed by atoms with Crippen LogP contribution in [0.15, 0.2) is 36.9 Å². The van der Waals surface area contributed by atoms with Crippen molar-refractivity contribution in [2.24, 2.45) is 0 Å². The van der Waals surface area contributed by atoms with Gasteiger partial charge in [-0.05, 0) is 13.0 Å². The number of morpholine rings is 1. The molecule has 1 fully saturated rings. The summed E-state index contributed by atoms with van der Waals surface area (Å²) in [5, 5.41) is 12.1. The van der Waals surface area contributed by atoms with E-state index in [0.717, 1.165) is 0 Å². The lowest BCUT2D eigenvalue weighted by atomic mass is 10.1. The molecule has 164 valence electrons. The summed E-state index contributed by atoms with van der Waals surface area (Å²) in [6.45, 7) is 7.58. The minimum atomic E-state index is -0.894. The van der Waals surface area contributed by atoms with Crippen LogP contribution in [0.4, 0.5) is 26.1 Å². The van der Waals surface area contributed by atoms with Gasteiger partial charge in [0.2, 0.25) is 5.95 Å². The minimum absolute atomic E-state index is 0.0231. The minimum Gasteiger partial charge on any atom is -0.378 e. The third kappa shape index (κ3) is 3.98. The first-order valence-corrected chi connectivity index (χ1v) is 10.0. The van der Waals surface area contributed by atoms with Gasteiger partial charge in [-0.2, -0.15) is 15.2 Å². The lowest BCUT2D eigenvalue weighted by Gasteiger charge is -2.29. The highest BCUT2D eigenvalue weighted by Gasteiger charge is 2.18. The van der Waals surface area contributed by atoms with Gasteiger partial charge in [-0.3, -0.25) is 4.68 Å². The molecule has 1 aromatic carbocycles. The van der Waals surface area contributed by atoms with Crippen molar-refractivity contribution in [1.29, 1.82) is 0 Å². The Hall–Kier alpha value is -3.60. The summed E-state index contributed by atoms with van der Waals surface area (Å²) in [6.07, 6.45) is 6.55. The Morgan fingerprint density at radius 3 is 2.75 bits per heavy atom. The molecular weight excluding hydrogens is 418 g/mol. The fourth-order valence-electron chi connectivity index (χ4n) is 3.58. The molecule has 1 saturated heterocycles. The van der Waals surface area contributed by atoms with Crippen molar-refractivity contribution >= 4 is 28.4 Å². The average Bonchev–Trinajstić information content (AvgIpc) is 3.44. The first-order valence-electron chi connectivity index (χ1n) is 10.0. The van der Waals surface area contributed by atoms with Crippen LogP contribution in [0.5, 0.6) is 0 Å². The summed E-state index contributed by atoms with van der Waals surface area (Å²) < 4.78 is 37.4. The number of halogens is 2. The van der Waals surface area contributed by atoms with Gasteiger partial charge in [-0.15, -0.1) is 0 Å². The number of nitrogens with zero attached hydrogens (tertiary/aromatic N) is 7. The highest BCUT2D eigenvalue weighted by molar-refractivity contribution is 5.75. The third-order valence-electron chi connectivity index (χ3n) is 5.21. The average molecular weight is 438 g/mol. The van der Waals surface area contributed by atoms with E-state index in [2.05, 4.69) is 32.4 Å². The number of fused-ring (bicyclic) bond motifs is 1. The van der Waals surface area contributed by atoms with E-state index in [1.165, 1.54) is 10.7 Å². The maximum Gasteiger partial charge on any atom is 0.229 e. The van der Waals surface area contributed by atoms with Gasteiger partial charge in [0, 0.05) is 42.8 Å². The Morgan fingerprint density at radius 1 is 1.12 bits per heavy atom. The number of aromatic nitrogens is 6. The predicted molar refractivity (Wildman–Crippen MR) is 114 cm³/mol. The van der Waals surface area contributed by atoms with Crippen LogP contribution in [0.3, 0.4) is 0 Å². The molecule has 9 nitrogen and oxygen atoms in total. The second-order valence-electron chi connectivity index (χ2n) is 7.29. The lowest BCUT2D eigenvalue weighted by Crippen LogP contribution is -2.36. The second-order valence-corrected chi connectivity index (χ2v) is 7.29. The number of benzene rings is 1. The van der Waals surface area contributed by atoms with Gasteiger partial charge < -0.3 is 15.0 Å². The van der Waals surface area contributed by atoms with Gasteiger partial charge in [0.15, 0.2) is 17.3 Å². The molecule has 1 N–H and O–H groups in total. The fourth-order valence-corrected chi connectivity index (χ4v) is 3.58. The maximum atomic E-state index is 14.6. The van der Waals surface area contributed by atoms with Crippen molar-refractivity contribution in [2.45, 2.75) is 6.54 Å². The van der Waals surface area contributed by atoms with Crippen LogP contribution in [0.1, 0.15) is 5.56 Å². The van der Waals surface area contributed by atoms with Crippen molar-refractivity contribution in [3.63, 3.8) is 0 Å². The molecule has 0 amide bonds. The van der Waals surface area contributed by atoms with Crippen molar-refractivity contribution in [3.05, 3.63) is 67.6 Å². The molecule has 4 heterocycles. The number of hydrogen-bond acceptors (Lipinski definition) is 7. The lowest BCUT2D eigenvalue weighted by molar-refractivity contribution is 0.122. The quantitative estimate of drug-likeness (QED) is 0.495. The molecule has 0 unspecified atom stereocenters. The van der Waals surface area contributed by atoms with E-state index in [0.29, 0.717) is 54.7 Å². The van der Waals surface area contributed by atoms with E-state index in [1.807, 2.05) is 4.90 Å². The second kappa shape index (κ2) is 8.50. The highest BCUT2D eigenvalue weighted by atomic mass is 19.2. The van der Waals surface area contributed by atoms with Crippen LogP contribution < -0.4 is 10.2 Å². The van der Waals surface area contributed by atoms with Crippen molar-refractivity contribution in [1.82, 2.24) is 29.5 Å². The molecular formula is C21H20F2N8O. The molecule has 4 aromatic rings. The number of nitrogens with one attached hydrogen (secondary N) is 1. The van der Waals surface area contributed by atoms with E-state index in [1.54, 1.807) is 42.1 Å². The molecule has 2 radical (unpaired) electrons. The van der Waals surface area contributed by atoms with Gasteiger partial charge in [-0.25, -0.2) is 18.4 Å². The topological polar surface area (TPSA) is 85.9 Å².